The highest BCUT2D eigenvalue weighted by molar-refractivity contribution is 6.00. The second kappa shape index (κ2) is 6.91. The molecule has 0 bridgehead atoms. The molecule has 1 aliphatic heterocycles. The summed E-state index contributed by atoms with van der Waals surface area (Å²) in [5.74, 6) is 0.574. The van der Waals surface area contributed by atoms with Gasteiger partial charge in [-0.05, 0) is 42.7 Å². The molecule has 2 aromatic rings. The van der Waals surface area contributed by atoms with Gasteiger partial charge in [0.25, 0.3) is 5.91 Å². The number of nitrogens with zero attached hydrogens (tertiary/aromatic N) is 1. The summed E-state index contributed by atoms with van der Waals surface area (Å²) in [6.07, 6.45) is 1.76. The Morgan fingerprint density at radius 1 is 1.08 bits per heavy atom. The van der Waals surface area contributed by atoms with Crippen molar-refractivity contribution in [1.82, 2.24) is 4.90 Å². The Balaban J connectivity index is 1.96. The average molecular weight is 329 g/mol. The summed E-state index contributed by atoms with van der Waals surface area (Å²) < 4.78 is 23.9. The first-order valence-corrected chi connectivity index (χ1v) is 7.93. The molecular formula is C19H20FNO3. The number of hydrogen-bond donors (Lipinski definition) is 0. The lowest BCUT2D eigenvalue weighted by molar-refractivity contribution is 0.0728. The number of carbonyl (C=O) groups is 1. The van der Waals surface area contributed by atoms with E-state index in [9.17, 15) is 9.18 Å². The second-order valence-electron chi connectivity index (χ2n) is 5.75. The third kappa shape index (κ3) is 2.94. The van der Waals surface area contributed by atoms with Gasteiger partial charge in [-0.2, -0.15) is 0 Å². The van der Waals surface area contributed by atoms with E-state index in [2.05, 4.69) is 0 Å². The third-order valence-corrected chi connectivity index (χ3v) is 4.41. The zero-order valence-electron chi connectivity index (χ0n) is 13.8. The van der Waals surface area contributed by atoms with E-state index in [4.69, 9.17) is 9.47 Å². The summed E-state index contributed by atoms with van der Waals surface area (Å²) in [5.41, 5.74) is 1.37. The lowest BCUT2D eigenvalue weighted by atomic mass is 10.0. The topological polar surface area (TPSA) is 38.8 Å². The van der Waals surface area contributed by atoms with Crippen LogP contribution < -0.4 is 9.47 Å². The van der Waals surface area contributed by atoms with Crippen LogP contribution in [0.15, 0.2) is 42.5 Å². The van der Waals surface area contributed by atoms with Crippen molar-refractivity contribution in [2.45, 2.75) is 18.9 Å². The number of ether oxygens (including phenoxy) is 2. The van der Waals surface area contributed by atoms with Gasteiger partial charge in [0.1, 0.15) is 22.9 Å². The van der Waals surface area contributed by atoms with Crippen LogP contribution in [-0.2, 0) is 0 Å². The Labute approximate surface area is 140 Å². The van der Waals surface area contributed by atoms with Crippen LogP contribution in [0.25, 0.3) is 0 Å². The van der Waals surface area contributed by atoms with Gasteiger partial charge in [0, 0.05) is 6.54 Å². The fourth-order valence-corrected chi connectivity index (χ4v) is 3.25. The molecule has 24 heavy (non-hydrogen) atoms. The molecule has 1 amide bonds. The van der Waals surface area contributed by atoms with Crippen molar-refractivity contribution in [2.75, 3.05) is 20.8 Å². The Hall–Kier alpha value is -2.56. The minimum Gasteiger partial charge on any atom is -0.496 e. The van der Waals surface area contributed by atoms with Gasteiger partial charge in [-0.3, -0.25) is 4.79 Å². The number of rotatable bonds is 4. The van der Waals surface area contributed by atoms with Crippen molar-refractivity contribution in [3.63, 3.8) is 0 Å². The average Bonchev–Trinajstić information content (AvgIpc) is 3.10. The van der Waals surface area contributed by atoms with E-state index in [0.29, 0.717) is 23.6 Å². The Kier molecular flexibility index (Phi) is 4.69. The predicted octanol–water partition coefficient (Wildman–Crippen LogP) is 3.82. The van der Waals surface area contributed by atoms with Crippen LogP contribution in [0.5, 0.6) is 11.5 Å². The molecule has 0 N–H and O–H groups in total. The maximum atomic E-state index is 13.2. The summed E-state index contributed by atoms with van der Waals surface area (Å²) in [4.78, 5) is 15.0. The van der Waals surface area contributed by atoms with Gasteiger partial charge in [0.2, 0.25) is 0 Å². The number of benzene rings is 2. The first kappa shape index (κ1) is 16.3. The van der Waals surface area contributed by atoms with Gasteiger partial charge < -0.3 is 14.4 Å². The molecule has 0 spiro atoms. The van der Waals surface area contributed by atoms with Crippen molar-refractivity contribution in [3.05, 3.63) is 59.4 Å². The van der Waals surface area contributed by atoms with E-state index in [0.717, 1.165) is 18.4 Å². The monoisotopic (exact) mass is 329 g/mol. The molecule has 1 unspecified atom stereocenters. The minimum absolute atomic E-state index is 0.0623. The number of halogens is 1. The van der Waals surface area contributed by atoms with E-state index in [1.54, 1.807) is 30.3 Å². The Morgan fingerprint density at radius 2 is 1.71 bits per heavy atom. The zero-order valence-corrected chi connectivity index (χ0v) is 13.8. The standard InChI is InChI=1S/C19H20FNO3/c1-23-16-6-3-7-17(24-2)18(16)19(22)21-12-4-5-15(21)13-8-10-14(20)11-9-13/h3,6-11,15H,4-5,12H2,1-2H3. The lowest BCUT2D eigenvalue weighted by Gasteiger charge is -2.26. The second-order valence-corrected chi connectivity index (χ2v) is 5.75. The molecule has 5 heteroatoms. The smallest absolute Gasteiger partial charge is 0.261 e. The van der Waals surface area contributed by atoms with Crippen LogP contribution >= 0.6 is 0 Å². The van der Waals surface area contributed by atoms with Crippen molar-refractivity contribution in [1.29, 1.82) is 0 Å². The molecule has 1 saturated heterocycles. The lowest BCUT2D eigenvalue weighted by Crippen LogP contribution is -2.31. The highest BCUT2D eigenvalue weighted by atomic mass is 19.1. The number of hydrogen-bond acceptors (Lipinski definition) is 3. The quantitative estimate of drug-likeness (QED) is 0.856. The van der Waals surface area contributed by atoms with E-state index in [-0.39, 0.29) is 17.8 Å². The molecule has 3 rings (SSSR count). The van der Waals surface area contributed by atoms with Gasteiger partial charge in [-0.15, -0.1) is 0 Å². The fourth-order valence-electron chi connectivity index (χ4n) is 3.25. The molecule has 0 aliphatic carbocycles. The molecule has 4 nitrogen and oxygen atoms in total. The van der Waals surface area contributed by atoms with E-state index in [1.807, 2.05) is 4.90 Å². The predicted molar refractivity (Wildman–Crippen MR) is 89.0 cm³/mol. The normalized spacial score (nSPS) is 17.0. The van der Waals surface area contributed by atoms with Crippen LogP contribution in [0.3, 0.4) is 0 Å². The van der Waals surface area contributed by atoms with E-state index in [1.165, 1.54) is 26.4 Å². The van der Waals surface area contributed by atoms with Crippen LogP contribution in [0.1, 0.15) is 34.8 Å². The number of amides is 1. The van der Waals surface area contributed by atoms with Gasteiger partial charge in [-0.1, -0.05) is 18.2 Å². The highest BCUT2D eigenvalue weighted by Gasteiger charge is 2.33. The SMILES string of the molecule is COc1cccc(OC)c1C(=O)N1CCCC1c1ccc(F)cc1. The van der Waals surface area contributed by atoms with Crippen molar-refractivity contribution < 1.29 is 18.7 Å². The Bertz CT molecular complexity index is 708. The van der Waals surface area contributed by atoms with Gasteiger partial charge >= 0.3 is 0 Å². The molecular weight excluding hydrogens is 309 g/mol. The number of likely N-dealkylation sites (tertiary alicyclic amines) is 1. The molecule has 126 valence electrons. The molecule has 1 fully saturated rings. The molecule has 1 atom stereocenters. The largest absolute Gasteiger partial charge is 0.496 e. The van der Waals surface area contributed by atoms with Gasteiger partial charge in [0.15, 0.2) is 0 Å². The molecule has 1 heterocycles. The fraction of sp³-hybridized carbons (Fsp3) is 0.316. The van der Waals surface area contributed by atoms with Gasteiger partial charge in [-0.25, -0.2) is 4.39 Å². The first-order chi connectivity index (χ1) is 11.7. The van der Waals surface area contributed by atoms with E-state index >= 15 is 0 Å². The number of carbonyl (C=O) groups excluding carboxylic acids is 1. The summed E-state index contributed by atoms with van der Waals surface area (Å²) in [7, 11) is 3.07. The summed E-state index contributed by atoms with van der Waals surface area (Å²) in [6.45, 7) is 0.655. The molecule has 0 radical (unpaired) electrons. The third-order valence-electron chi connectivity index (χ3n) is 4.41. The Morgan fingerprint density at radius 3 is 2.29 bits per heavy atom. The maximum absolute atomic E-state index is 13.2. The minimum atomic E-state index is -0.277. The van der Waals surface area contributed by atoms with Crippen molar-refractivity contribution in [3.8, 4) is 11.5 Å². The van der Waals surface area contributed by atoms with Crippen molar-refractivity contribution >= 4 is 5.91 Å². The van der Waals surface area contributed by atoms with Crippen LogP contribution in [0, 0.1) is 5.82 Å². The summed E-state index contributed by atoms with van der Waals surface area (Å²) in [6, 6.07) is 11.6. The highest BCUT2D eigenvalue weighted by Crippen LogP contribution is 2.37. The zero-order chi connectivity index (χ0) is 17.1. The van der Waals surface area contributed by atoms with Crippen molar-refractivity contribution in [2.24, 2.45) is 0 Å². The first-order valence-electron chi connectivity index (χ1n) is 7.93. The molecule has 2 aromatic carbocycles. The van der Waals surface area contributed by atoms with Crippen LogP contribution in [0.2, 0.25) is 0 Å². The van der Waals surface area contributed by atoms with E-state index < -0.39 is 0 Å². The molecule has 0 saturated carbocycles. The van der Waals surface area contributed by atoms with Crippen LogP contribution in [-0.4, -0.2) is 31.6 Å². The van der Waals surface area contributed by atoms with Gasteiger partial charge in [0.05, 0.1) is 20.3 Å². The number of methoxy groups -OCH3 is 2. The van der Waals surface area contributed by atoms with Crippen LogP contribution in [0.4, 0.5) is 4.39 Å². The summed E-state index contributed by atoms with van der Waals surface area (Å²) in [5, 5.41) is 0. The maximum Gasteiger partial charge on any atom is 0.261 e. The molecule has 0 aromatic heterocycles. The molecule has 1 aliphatic rings. The summed E-state index contributed by atoms with van der Waals surface area (Å²) >= 11 is 0.